The van der Waals surface area contributed by atoms with E-state index < -0.39 is 5.97 Å². The lowest BCUT2D eigenvalue weighted by atomic mass is 9.82. The van der Waals surface area contributed by atoms with Crippen molar-refractivity contribution in [2.24, 2.45) is 7.05 Å². The van der Waals surface area contributed by atoms with E-state index in [1.54, 1.807) is 55.5 Å². The van der Waals surface area contributed by atoms with E-state index in [1.165, 1.54) is 11.1 Å². The predicted octanol–water partition coefficient (Wildman–Crippen LogP) is 6.51. The largest absolute Gasteiger partial charge is 0.497 e. The first-order valence-corrected chi connectivity index (χ1v) is 12.9. The first-order valence-electron chi connectivity index (χ1n) is 12.9. The van der Waals surface area contributed by atoms with Gasteiger partial charge in [0.25, 0.3) is 5.91 Å². The molecule has 1 N–H and O–H groups in total. The van der Waals surface area contributed by atoms with E-state index >= 15 is 0 Å². The summed E-state index contributed by atoms with van der Waals surface area (Å²) < 4.78 is 7.26. The third kappa shape index (κ3) is 4.82. The number of hydrogen-bond acceptors (Lipinski definition) is 3. The van der Waals surface area contributed by atoms with Crippen LogP contribution in [0.3, 0.4) is 0 Å². The van der Waals surface area contributed by atoms with Crippen LogP contribution in [0.15, 0.2) is 78.9 Å². The first kappa shape index (κ1) is 25.3. The highest BCUT2D eigenvalue weighted by molar-refractivity contribution is 6.00. The molecular formula is C32H32N2O4. The Morgan fingerprint density at radius 1 is 1.03 bits per heavy atom. The number of hydrogen-bond donors (Lipinski definition) is 1. The van der Waals surface area contributed by atoms with Gasteiger partial charge in [0, 0.05) is 41.8 Å². The van der Waals surface area contributed by atoms with Crippen LogP contribution in [-0.4, -0.2) is 40.6 Å². The van der Waals surface area contributed by atoms with Gasteiger partial charge in [-0.25, -0.2) is 4.79 Å². The van der Waals surface area contributed by atoms with Crippen LogP contribution in [0.2, 0.25) is 0 Å². The van der Waals surface area contributed by atoms with Crippen molar-refractivity contribution in [1.82, 2.24) is 9.47 Å². The molecular weight excluding hydrogens is 476 g/mol. The number of rotatable bonds is 7. The fourth-order valence-corrected chi connectivity index (χ4v) is 5.51. The second-order valence-electron chi connectivity index (χ2n) is 9.92. The molecule has 6 nitrogen and oxygen atoms in total. The van der Waals surface area contributed by atoms with E-state index in [-0.39, 0.29) is 11.5 Å². The molecule has 194 valence electrons. The number of allylic oxidation sites excluding steroid dienone is 2. The fraction of sp³-hybridized carbons (Fsp3) is 0.250. The highest BCUT2D eigenvalue weighted by Crippen LogP contribution is 2.41. The Balaban J connectivity index is 1.52. The number of ether oxygens (including phenoxy) is 1. The quantitative estimate of drug-likeness (QED) is 0.309. The molecule has 0 aliphatic heterocycles. The molecule has 3 aromatic carbocycles. The minimum absolute atomic E-state index is 0.0863. The third-order valence-electron chi connectivity index (χ3n) is 7.64. The molecule has 5 rings (SSSR count). The summed E-state index contributed by atoms with van der Waals surface area (Å²) in [6.07, 6.45) is 5.24. The average Bonchev–Trinajstić information content (AvgIpc) is 3.23. The van der Waals surface area contributed by atoms with E-state index in [1.807, 2.05) is 23.7 Å². The molecule has 1 aromatic heterocycles. The first-order chi connectivity index (χ1) is 18.4. The summed E-state index contributed by atoms with van der Waals surface area (Å²) in [5, 5.41) is 10.6. The molecule has 0 saturated heterocycles. The summed E-state index contributed by atoms with van der Waals surface area (Å²) in [5.41, 5.74) is 6.41. The van der Waals surface area contributed by atoms with Crippen LogP contribution >= 0.6 is 0 Å². The van der Waals surface area contributed by atoms with Crippen LogP contribution in [0.4, 0.5) is 0 Å². The lowest BCUT2D eigenvalue weighted by Crippen LogP contribution is -2.27. The van der Waals surface area contributed by atoms with Gasteiger partial charge in [-0.3, -0.25) is 4.79 Å². The number of carbonyl (C=O) groups is 2. The standard InChI is InChI=1S/C32H32N2O4/c1-33(31(35)24-13-16-26(38-3)17-14-24)20-29-30(27-18-15-25(32(36)37)19-28(27)34(29)2)23-11-9-22(10-12-23)21-7-5-4-6-8-21/h4-8,11,13-19,22H,9-10,12,20H2,1-3H3,(H,36,37). The van der Waals surface area contributed by atoms with Crippen molar-refractivity contribution in [1.29, 1.82) is 0 Å². The summed E-state index contributed by atoms with van der Waals surface area (Å²) in [5.74, 6) is 0.145. The lowest BCUT2D eigenvalue weighted by molar-refractivity contribution is 0.0696. The van der Waals surface area contributed by atoms with Crippen molar-refractivity contribution in [3.8, 4) is 5.75 Å². The van der Waals surface area contributed by atoms with Crippen molar-refractivity contribution in [2.75, 3.05) is 14.2 Å². The fourth-order valence-electron chi connectivity index (χ4n) is 5.51. The van der Waals surface area contributed by atoms with Gasteiger partial charge in [0.1, 0.15) is 5.75 Å². The molecule has 4 aromatic rings. The molecule has 1 heterocycles. The minimum Gasteiger partial charge on any atom is -0.497 e. The van der Waals surface area contributed by atoms with Crippen LogP contribution in [0.5, 0.6) is 5.75 Å². The zero-order valence-corrected chi connectivity index (χ0v) is 22.0. The molecule has 1 atom stereocenters. The number of aromatic nitrogens is 1. The van der Waals surface area contributed by atoms with Crippen molar-refractivity contribution >= 4 is 28.4 Å². The van der Waals surface area contributed by atoms with Crippen LogP contribution < -0.4 is 4.74 Å². The molecule has 0 spiro atoms. The van der Waals surface area contributed by atoms with E-state index in [4.69, 9.17) is 4.74 Å². The number of aryl methyl sites for hydroxylation is 1. The van der Waals surface area contributed by atoms with Crippen LogP contribution in [0.1, 0.15) is 62.7 Å². The smallest absolute Gasteiger partial charge is 0.335 e. The molecule has 0 fully saturated rings. The Labute approximate surface area is 222 Å². The van der Waals surface area contributed by atoms with Crippen molar-refractivity contribution in [3.05, 3.63) is 107 Å². The van der Waals surface area contributed by atoms with Gasteiger partial charge in [-0.2, -0.15) is 0 Å². The molecule has 6 heteroatoms. The van der Waals surface area contributed by atoms with Gasteiger partial charge in [0.2, 0.25) is 0 Å². The summed E-state index contributed by atoms with van der Waals surface area (Å²) in [7, 11) is 5.36. The highest BCUT2D eigenvalue weighted by Gasteiger charge is 2.25. The molecule has 0 saturated carbocycles. The van der Waals surface area contributed by atoms with Gasteiger partial charge in [-0.1, -0.05) is 42.5 Å². The maximum absolute atomic E-state index is 13.3. The van der Waals surface area contributed by atoms with Crippen LogP contribution in [0, 0.1) is 0 Å². The monoisotopic (exact) mass is 508 g/mol. The zero-order chi connectivity index (χ0) is 26.8. The minimum atomic E-state index is -0.953. The summed E-state index contributed by atoms with van der Waals surface area (Å²) >= 11 is 0. The molecule has 1 amide bonds. The lowest BCUT2D eigenvalue weighted by Gasteiger charge is -2.24. The second kappa shape index (κ2) is 10.6. The second-order valence-corrected chi connectivity index (χ2v) is 9.92. The van der Waals surface area contributed by atoms with Gasteiger partial charge in [-0.05, 0) is 72.7 Å². The normalized spacial score (nSPS) is 15.2. The van der Waals surface area contributed by atoms with Crippen molar-refractivity contribution < 1.29 is 19.4 Å². The topological polar surface area (TPSA) is 71.8 Å². The molecule has 0 radical (unpaired) electrons. The molecule has 38 heavy (non-hydrogen) atoms. The SMILES string of the molecule is COc1ccc(C(=O)N(C)Cc2c(C3=CCC(c4ccccc4)CC3)c3ccc(C(=O)O)cc3n2C)cc1. The Bertz CT molecular complexity index is 1520. The van der Waals surface area contributed by atoms with E-state index in [9.17, 15) is 14.7 Å². The zero-order valence-electron chi connectivity index (χ0n) is 22.0. The molecule has 1 aliphatic carbocycles. The number of carboxylic acid groups (broad SMARTS) is 1. The maximum atomic E-state index is 13.3. The average molecular weight is 509 g/mol. The number of amides is 1. The van der Waals surface area contributed by atoms with Gasteiger partial charge in [0.05, 0.1) is 19.2 Å². The van der Waals surface area contributed by atoms with Crippen LogP contribution in [0.25, 0.3) is 16.5 Å². The number of benzene rings is 3. The van der Waals surface area contributed by atoms with Gasteiger partial charge >= 0.3 is 5.97 Å². The number of carboxylic acids is 1. The maximum Gasteiger partial charge on any atom is 0.335 e. The van der Waals surface area contributed by atoms with E-state index in [0.717, 1.165) is 41.4 Å². The third-order valence-corrected chi connectivity index (χ3v) is 7.64. The molecule has 1 aliphatic rings. The molecule has 0 bridgehead atoms. The highest BCUT2D eigenvalue weighted by atomic mass is 16.5. The molecule has 1 unspecified atom stereocenters. The van der Waals surface area contributed by atoms with Crippen LogP contribution in [-0.2, 0) is 13.6 Å². The predicted molar refractivity (Wildman–Crippen MR) is 150 cm³/mol. The van der Waals surface area contributed by atoms with E-state index in [2.05, 4.69) is 30.3 Å². The number of methoxy groups -OCH3 is 1. The number of carbonyl (C=O) groups excluding carboxylic acids is 1. The Kier molecular flexibility index (Phi) is 7.05. The summed E-state index contributed by atoms with van der Waals surface area (Å²) in [4.78, 5) is 26.7. The summed E-state index contributed by atoms with van der Waals surface area (Å²) in [6.45, 7) is 0.396. The summed E-state index contributed by atoms with van der Waals surface area (Å²) in [6, 6.07) is 23.0. The van der Waals surface area contributed by atoms with E-state index in [0.29, 0.717) is 23.8 Å². The Morgan fingerprint density at radius 3 is 2.37 bits per heavy atom. The van der Waals surface area contributed by atoms with Gasteiger partial charge in [0.15, 0.2) is 0 Å². The number of aromatic carboxylic acids is 1. The Hall–Kier alpha value is -4.32. The van der Waals surface area contributed by atoms with Crippen molar-refractivity contribution in [2.45, 2.75) is 31.7 Å². The van der Waals surface area contributed by atoms with Crippen molar-refractivity contribution in [3.63, 3.8) is 0 Å². The van der Waals surface area contributed by atoms with Gasteiger partial charge < -0.3 is 19.3 Å². The number of nitrogens with zero attached hydrogens (tertiary/aromatic N) is 2. The number of fused-ring (bicyclic) bond motifs is 1. The van der Waals surface area contributed by atoms with Gasteiger partial charge in [-0.15, -0.1) is 0 Å². The Morgan fingerprint density at radius 2 is 1.74 bits per heavy atom.